The minimum absolute atomic E-state index is 0.0756. The highest BCUT2D eigenvalue weighted by Gasteiger charge is 2.27. The van der Waals surface area contributed by atoms with E-state index in [4.69, 9.17) is 20.4 Å². The molecule has 0 spiro atoms. The van der Waals surface area contributed by atoms with Gasteiger partial charge >= 0.3 is 0 Å². The fourth-order valence-corrected chi connectivity index (χ4v) is 4.93. The Morgan fingerprint density at radius 1 is 1.18 bits per heavy atom. The van der Waals surface area contributed by atoms with Crippen LogP contribution in [0.1, 0.15) is 57.4 Å². The lowest BCUT2D eigenvalue weighted by Crippen LogP contribution is -2.20. The van der Waals surface area contributed by atoms with E-state index in [-0.39, 0.29) is 6.10 Å². The summed E-state index contributed by atoms with van der Waals surface area (Å²) in [5.74, 6) is 0.938. The third-order valence-electron chi connectivity index (χ3n) is 6.55. The summed E-state index contributed by atoms with van der Waals surface area (Å²) in [5.41, 5.74) is 12.4. The maximum Gasteiger partial charge on any atom is 0.249 e. The number of hydrogen-bond acceptors (Lipinski definition) is 5. The van der Waals surface area contributed by atoms with Gasteiger partial charge in [-0.05, 0) is 56.9 Å². The molecule has 34 heavy (non-hydrogen) atoms. The number of fused-ring (bicyclic) bond motifs is 2. The average Bonchev–Trinajstić information content (AvgIpc) is 3.17. The van der Waals surface area contributed by atoms with Crippen LogP contribution in [0.15, 0.2) is 48.5 Å². The van der Waals surface area contributed by atoms with Crippen LogP contribution in [0.5, 0.6) is 0 Å². The molecular weight excluding hydrogens is 426 g/mol. The number of aryl methyl sites for hydroxylation is 2. The van der Waals surface area contributed by atoms with Gasteiger partial charge in [-0.1, -0.05) is 35.9 Å². The number of methoxy groups -OCH3 is 1. The van der Waals surface area contributed by atoms with Crippen LogP contribution >= 0.6 is 0 Å². The summed E-state index contributed by atoms with van der Waals surface area (Å²) in [6, 6.07) is 16.0. The molecule has 4 aromatic rings. The Morgan fingerprint density at radius 2 is 2.00 bits per heavy atom. The largest absolute Gasteiger partial charge is 0.375 e. The lowest BCUT2D eigenvalue weighted by Gasteiger charge is -2.26. The Balaban J connectivity index is 1.65. The predicted octanol–water partition coefficient (Wildman–Crippen LogP) is 4.77. The van der Waals surface area contributed by atoms with E-state index in [0.717, 1.165) is 52.9 Å². The van der Waals surface area contributed by atoms with Gasteiger partial charge in [0.2, 0.25) is 11.9 Å². The third kappa shape index (κ3) is 3.92. The normalized spacial score (nSPS) is 15.3. The zero-order chi connectivity index (χ0) is 23.8. The van der Waals surface area contributed by atoms with Gasteiger partial charge in [0.1, 0.15) is 5.82 Å². The summed E-state index contributed by atoms with van der Waals surface area (Å²) < 4.78 is 7.79. The highest BCUT2D eigenvalue weighted by atomic mass is 16.5. The third-order valence-corrected chi connectivity index (χ3v) is 6.55. The van der Waals surface area contributed by atoms with Crippen molar-refractivity contribution in [2.45, 2.75) is 45.8 Å². The molecule has 1 unspecified atom stereocenters. The summed E-state index contributed by atoms with van der Waals surface area (Å²) in [6.07, 6.45) is 2.78. The van der Waals surface area contributed by atoms with E-state index in [1.165, 1.54) is 11.1 Å². The second-order valence-electron chi connectivity index (χ2n) is 8.92. The second kappa shape index (κ2) is 8.91. The quantitative estimate of drug-likeness (QED) is 0.437. The molecule has 0 saturated carbocycles. The fraction of sp³-hybridized carbons (Fsp3) is 0.296. The minimum Gasteiger partial charge on any atom is -0.375 e. The van der Waals surface area contributed by atoms with Crippen molar-refractivity contribution in [3.05, 3.63) is 82.2 Å². The number of benzene rings is 2. The Hall–Kier alpha value is -3.71. The van der Waals surface area contributed by atoms with Crippen molar-refractivity contribution in [2.75, 3.05) is 12.4 Å². The van der Waals surface area contributed by atoms with Crippen molar-refractivity contribution in [3.8, 4) is 5.95 Å². The van der Waals surface area contributed by atoms with Crippen LogP contribution in [0.4, 0.5) is 5.82 Å². The lowest BCUT2D eigenvalue weighted by molar-refractivity contribution is 0.0842. The summed E-state index contributed by atoms with van der Waals surface area (Å²) in [4.78, 5) is 22.0. The molecule has 0 radical (unpaired) electrons. The maximum atomic E-state index is 12.0. The molecule has 2 aromatic carbocycles. The van der Waals surface area contributed by atoms with E-state index in [1.807, 2.05) is 29.7 Å². The van der Waals surface area contributed by atoms with Gasteiger partial charge in [-0.3, -0.25) is 9.36 Å². The van der Waals surface area contributed by atoms with Crippen molar-refractivity contribution in [1.82, 2.24) is 14.5 Å². The molecule has 1 amide bonds. The lowest BCUT2D eigenvalue weighted by atomic mass is 9.93. The van der Waals surface area contributed by atoms with Gasteiger partial charge in [0, 0.05) is 35.9 Å². The number of primary amides is 1. The van der Waals surface area contributed by atoms with Crippen molar-refractivity contribution < 1.29 is 9.53 Å². The number of nitrogens with two attached hydrogens (primary N) is 1. The van der Waals surface area contributed by atoms with E-state index in [9.17, 15) is 4.79 Å². The first-order chi connectivity index (χ1) is 16.5. The molecule has 0 saturated heterocycles. The minimum atomic E-state index is -0.450. The number of aromatic nitrogens is 3. The van der Waals surface area contributed by atoms with Crippen LogP contribution in [0.2, 0.25) is 0 Å². The van der Waals surface area contributed by atoms with Crippen LogP contribution in [0.3, 0.4) is 0 Å². The maximum absolute atomic E-state index is 12.0. The first-order valence-electron chi connectivity index (χ1n) is 11.6. The van der Waals surface area contributed by atoms with E-state index in [2.05, 4.69) is 36.5 Å². The molecule has 174 valence electrons. The highest BCUT2D eigenvalue weighted by molar-refractivity contribution is 6.06. The molecule has 1 atom stereocenters. The van der Waals surface area contributed by atoms with Crippen molar-refractivity contribution in [2.24, 2.45) is 5.73 Å². The molecule has 2 heterocycles. The Kier molecular flexibility index (Phi) is 5.79. The van der Waals surface area contributed by atoms with E-state index >= 15 is 0 Å². The summed E-state index contributed by atoms with van der Waals surface area (Å²) >= 11 is 0. The number of amides is 1. The monoisotopic (exact) mass is 455 g/mol. The van der Waals surface area contributed by atoms with Crippen molar-refractivity contribution in [3.63, 3.8) is 0 Å². The van der Waals surface area contributed by atoms with E-state index in [1.54, 1.807) is 13.2 Å². The Morgan fingerprint density at radius 3 is 2.76 bits per heavy atom. The van der Waals surface area contributed by atoms with Gasteiger partial charge in [0.05, 0.1) is 17.3 Å². The second-order valence-corrected chi connectivity index (χ2v) is 8.92. The average molecular weight is 456 g/mol. The summed E-state index contributed by atoms with van der Waals surface area (Å²) in [6.45, 7) is 4.75. The zero-order valence-electron chi connectivity index (χ0n) is 19.8. The Labute approximate surface area is 199 Å². The van der Waals surface area contributed by atoms with Gasteiger partial charge < -0.3 is 15.8 Å². The molecule has 0 aliphatic heterocycles. The molecule has 1 aliphatic carbocycles. The van der Waals surface area contributed by atoms with Crippen LogP contribution in [0.25, 0.3) is 16.9 Å². The van der Waals surface area contributed by atoms with Crippen LogP contribution < -0.4 is 11.1 Å². The Bertz CT molecular complexity index is 1390. The summed E-state index contributed by atoms with van der Waals surface area (Å²) in [7, 11) is 1.73. The van der Waals surface area contributed by atoms with Crippen molar-refractivity contribution in [1.29, 1.82) is 0 Å². The van der Waals surface area contributed by atoms with Gasteiger partial charge in [-0.2, -0.15) is 4.98 Å². The van der Waals surface area contributed by atoms with Gasteiger partial charge in [0.15, 0.2) is 0 Å². The number of carbonyl (C=O) groups excluding carboxylic acids is 1. The number of nitrogens with zero attached hydrogens (tertiary/aromatic N) is 3. The van der Waals surface area contributed by atoms with E-state index < -0.39 is 5.91 Å². The number of nitrogens with one attached hydrogen (secondary N) is 1. The zero-order valence-corrected chi connectivity index (χ0v) is 19.8. The number of carbonyl (C=O) groups is 1. The first kappa shape index (κ1) is 22.1. The molecule has 5 rings (SSSR count). The number of rotatable bonds is 6. The van der Waals surface area contributed by atoms with Gasteiger partial charge in [-0.15, -0.1) is 0 Å². The number of hydrogen-bond donors (Lipinski definition) is 2. The molecule has 0 fully saturated rings. The molecule has 1 aliphatic rings. The molecule has 2 aromatic heterocycles. The van der Waals surface area contributed by atoms with Crippen LogP contribution in [0, 0.1) is 13.8 Å². The standard InChI is InChI=1S/C27H29N5O2/c1-16-7-4-8-18(13-16)15-29-26-20-10-6-12-23(34-3)24(20)30-27(31-26)32-17(2)14-21-19(25(28)33)9-5-11-22(21)32/h4-5,7-9,11,13-14,23H,6,10,12,15H2,1-3H3,(H2,28,33)(H,29,30,31). The van der Waals surface area contributed by atoms with Crippen LogP contribution in [-0.4, -0.2) is 27.6 Å². The fourth-order valence-electron chi connectivity index (χ4n) is 4.93. The predicted molar refractivity (Wildman–Crippen MR) is 133 cm³/mol. The molecule has 3 N–H and O–H groups in total. The van der Waals surface area contributed by atoms with Gasteiger partial charge in [0.25, 0.3) is 0 Å². The molecule has 7 heteroatoms. The van der Waals surface area contributed by atoms with Crippen LogP contribution in [-0.2, 0) is 17.7 Å². The number of anilines is 1. The van der Waals surface area contributed by atoms with Crippen molar-refractivity contribution >= 4 is 22.6 Å². The summed E-state index contributed by atoms with van der Waals surface area (Å²) in [5, 5.41) is 4.36. The topological polar surface area (TPSA) is 95.1 Å². The highest BCUT2D eigenvalue weighted by Crippen LogP contribution is 2.36. The molecule has 7 nitrogen and oxygen atoms in total. The SMILES string of the molecule is COC1CCCc2c(NCc3cccc(C)c3)nc(-n3c(C)cc4c(C(N)=O)cccc43)nc21. The molecule has 0 bridgehead atoms. The first-order valence-corrected chi connectivity index (χ1v) is 11.6. The smallest absolute Gasteiger partial charge is 0.249 e. The van der Waals surface area contributed by atoms with E-state index in [0.29, 0.717) is 18.1 Å². The molecular formula is C27H29N5O2. The van der Waals surface area contributed by atoms with Gasteiger partial charge in [-0.25, -0.2) is 4.98 Å². The number of ether oxygens (including phenoxy) is 1.